The lowest BCUT2D eigenvalue weighted by Gasteiger charge is -2.11. The molecule has 0 unspecified atom stereocenters. The lowest BCUT2D eigenvalue weighted by atomic mass is 10.1. The van der Waals surface area contributed by atoms with E-state index < -0.39 is 28.7 Å². The van der Waals surface area contributed by atoms with Gasteiger partial charge in [-0.05, 0) is 17.5 Å². The summed E-state index contributed by atoms with van der Waals surface area (Å²) < 4.78 is 15.2. The van der Waals surface area contributed by atoms with E-state index in [1.54, 1.807) is 17.5 Å². The number of aromatic hydroxyl groups is 1. The van der Waals surface area contributed by atoms with Crippen molar-refractivity contribution in [2.24, 2.45) is 0 Å². The summed E-state index contributed by atoms with van der Waals surface area (Å²) in [5.74, 6) is -2.68. The van der Waals surface area contributed by atoms with Gasteiger partial charge in [-0.25, -0.2) is 9.18 Å². The average Bonchev–Trinajstić information content (AvgIpc) is 2.94. The second kappa shape index (κ2) is 5.27. The molecule has 5 nitrogen and oxygen atoms in total. The zero-order chi connectivity index (χ0) is 15.9. The Bertz CT molecular complexity index is 944. The minimum Gasteiger partial charge on any atom is -0.502 e. The van der Waals surface area contributed by atoms with Crippen molar-refractivity contribution in [3.63, 3.8) is 0 Å². The molecule has 0 saturated carbocycles. The minimum absolute atomic E-state index is 0.0911. The number of aromatic carboxylic acids is 1. The predicted molar refractivity (Wildman–Crippen MR) is 80.2 cm³/mol. The maximum atomic E-state index is 13.8. The Labute approximate surface area is 127 Å². The standard InChI is InChI=1S/C15H10FNO4S/c16-9-4-2-1-3-8(9)7-17-10-5-6-22-13(10)11(15(20)21)12(18)14(17)19/h1-6,18H,7H2,(H,20,21). The van der Waals surface area contributed by atoms with E-state index >= 15 is 0 Å². The van der Waals surface area contributed by atoms with Gasteiger partial charge >= 0.3 is 5.97 Å². The van der Waals surface area contributed by atoms with Crippen molar-refractivity contribution in [1.82, 2.24) is 4.57 Å². The Morgan fingerprint density at radius 3 is 2.68 bits per heavy atom. The molecule has 112 valence electrons. The maximum Gasteiger partial charge on any atom is 0.341 e. The predicted octanol–water partition coefficient (Wildman–Crippen LogP) is 2.65. The van der Waals surface area contributed by atoms with Crippen LogP contribution in [0.1, 0.15) is 15.9 Å². The fraction of sp³-hybridized carbons (Fsp3) is 0.0667. The molecule has 0 fully saturated rings. The number of halogens is 1. The van der Waals surface area contributed by atoms with Crippen LogP contribution >= 0.6 is 11.3 Å². The second-order valence-electron chi connectivity index (χ2n) is 4.65. The molecule has 2 aromatic heterocycles. The molecule has 0 amide bonds. The lowest BCUT2D eigenvalue weighted by Crippen LogP contribution is -2.23. The largest absolute Gasteiger partial charge is 0.502 e. The first kappa shape index (κ1) is 14.3. The van der Waals surface area contributed by atoms with E-state index in [1.165, 1.54) is 22.8 Å². The summed E-state index contributed by atoms with van der Waals surface area (Å²) in [6.07, 6.45) is 0. The van der Waals surface area contributed by atoms with Gasteiger partial charge in [0.25, 0.3) is 5.56 Å². The van der Waals surface area contributed by atoms with Gasteiger partial charge in [0.2, 0.25) is 0 Å². The van der Waals surface area contributed by atoms with Crippen LogP contribution in [-0.2, 0) is 6.54 Å². The van der Waals surface area contributed by atoms with Gasteiger partial charge in [0.1, 0.15) is 11.4 Å². The first-order chi connectivity index (χ1) is 10.5. The van der Waals surface area contributed by atoms with E-state index in [1.807, 2.05) is 0 Å². The molecule has 0 bridgehead atoms. The van der Waals surface area contributed by atoms with E-state index in [2.05, 4.69) is 0 Å². The van der Waals surface area contributed by atoms with Gasteiger partial charge < -0.3 is 10.2 Å². The van der Waals surface area contributed by atoms with Crippen molar-refractivity contribution < 1.29 is 19.4 Å². The molecule has 7 heteroatoms. The van der Waals surface area contributed by atoms with E-state index in [0.29, 0.717) is 5.52 Å². The molecule has 3 rings (SSSR count). The van der Waals surface area contributed by atoms with E-state index in [4.69, 9.17) is 5.11 Å². The van der Waals surface area contributed by atoms with Crippen LogP contribution < -0.4 is 5.56 Å². The van der Waals surface area contributed by atoms with Gasteiger partial charge in [0.15, 0.2) is 5.75 Å². The molecule has 0 radical (unpaired) electrons. The van der Waals surface area contributed by atoms with E-state index in [-0.39, 0.29) is 16.8 Å². The minimum atomic E-state index is -1.37. The van der Waals surface area contributed by atoms with E-state index in [9.17, 15) is 19.1 Å². The fourth-order valence-corrected chi connectivity index (χ4v) is 3.24. The van der Waals surface area contributed by atoms with Gasteiger partial charge in [-0.1, -0.05) is 18.2 Å². The van der Waals surface area contributed by atoms with Crippen molar-refractivity contribution in [3.8, 4) is 5.75 Å². The van der Waals surface area contributed by atoms with Crippen molar-refractivity contribution in [1.29, 1.82) is 0 Å². The zero-order valence-corrected chi connectivity index (χ0v) is 11.9. The quantitative estimate of drug-likeness (QED) is 0.778. The molecule has 0 aliphatic rings. The van der Waals surface area contributed by atoms with Crippen LogP contribution in [0.15, 0.2) is 40.5 Å². The number of carboxylic acid groups (broad SMARTS) is 1. The number of fused-ring (bicyclic) bond motifs is 1. The highest BCUT2D eigenvalue weighted by atomic mass is 32.1. The molecule has 0 saturated heterocycles. The molecule has 0 atom stereocenters. The van der Waals surface area contributed by atoms with Crippen LogP contribution in [0.3, 0.4) is 0 Å². The highest BCUT2D eigenvalue weighted by molar-refractivity contribution is 7.17. The van der Waals surface area contributed by atoms with Crippen LogP contribution in [0.25, 0.3) is 10.2 Å². The molecular weight excluding hydrogens is 309 g/mol. The van der Waals surface area contributed by atoms with Crippen molar-refractivity contribution in [3.05, 3.63) is 63.0 Å². The molecular formula is C15H10FNO4S. The Morgan fingerprint density at radius 1 is 1.27 bits per heavy atom. The number of carboxylic acids is 1. The first-order valence-corrected chi connectivity index (χ1v) is 7.18. The summed E-state index contributed by atoms with van der Waals surface area (Å²) in [6.45, 7) is -0.0911. The van der Waals surface area contributed by atoms with Gasteiger partial charge in [-0.3, -0.25) is 9.36 Å². The summed E-state index contributed by atoms with van der Waals surface area (Å²) in [7, 11) is 0. The van der Waals surface area contributed by atoms with Crippen LogP contribution in [-0.4, -0.2) is 20.7 Å². The molecule has 1 aromatic carbocycles. The Kier molecular flexibility index (Phi) is 3.42. The van der Waals surface area contributed by atoms with Crippen molar-refractivity contribution >= 4 is 27.5 Å². The van der Waals surface area contributed by atoms with Gasteiger partial charge in [0, 0.05) is 5.56 Å². The number of nitrogens with zero attached hydrogens (tertiary/aromatic N) is 1. The fourth-order valence-electron chi connectivity index (χ4n) is 2.31. The number of aromatic nitrogens is 1. The van der Waals surface area contributed by atoms with Gasteiger partial charge in [-0.15, -0.1) is 11.3 Å². The number of rotatable bonds is 3. The molecule has 2 N–H and O–H groups in total. The Balaban J connectivity index is 2.28. The second-order valence-corrected chi connectivity index (χ2v) is 5.56. The normalized spacial score (nSPS) is 11.0. The first-order valence-electron chi connectivity index (χ1n) is 6.30. The summed E-state index contributed by atoms with van der Waals surface area (Å²) in [6, 6.07) is 7.56. The highest BCUT2D eigenvalue weighted by Crippen LogP contribution is 2.29. The van der Waals surface area contributed by atoms with Crippen LogP contribution in [0.2, 0.25) is 0 Å². The summed E-state index contributed by atoms with van der Waals surface area (Å²) in [4.78, 5) is 23.5. The topological polar surface area (TPSA) is 79.5 Å². The average molecular weight is 319 g/mol. The zero-order valence-electron chi connectivity index (χ0n) is 11.1. The SMILES string of the molecule is O=C(O)c1c(O)c(=O)n(Cc2ccccc2F)c2ccsc12. The number of pyridine rings is 1. The molecule has 2 heterocycles. The number of carbonyl (C=O) groups is 1. The van der Waals surface area contributed by atoms with Gasteiger partial charge in [0.05, 0.1) is 16.8 Å². The summed E-state index contributed by atoms with van der Waals surface area (Å²) >= 11 is 1.10. The Hall–Kier alpha value is -2.67. The molecule has 22 heavy (non-hydrogen) atoms. The van der Waals surface area contributed by atoms with E-state index in [0.717, 1.165) is 11.3 Å². The third-order valence-corrected chi connectivity index (χ3v) is 4.27. The van der Waals surface area contributed by atoms with Gasteiger partial charge in [-0.2, -0.15) is 0 Å². The number of hydrogen-bond acceptors (Lipinski definition) is 4. The summed E-state index contributed by atoms with van der Waals surface area (Å²) in [5.41, 5.74) is -0.639. The number of thiophene rings is 1. The molecule has 3 aromatic rings. The number of hydrogen-bond donors (Lipinski definition) is 2. The smallest absolute Gasteiger partial charge is 0.341 e. The highest BCUT2D eigenvalue weighted by Gasteiger charge is 2.22. The molecule has 0 aliphatic heterocycles. The monoisotopic (exact) mass is 319 g/mol. The van der Waals surface area contributed by atoms with Crippen molar-refractivity contribution in [2.45, 2.75) is 6.54 Å². The lowest BCUT2D eigenvalue weighted by molar-refractivity contribution is 0.0695. The maximum absolute atomic E-state index is 13.8. The molecule has 0 spiro atoms. The third kappa shape index (κ3) is 2.15. The van der Waals surface area contributed by atoms with Crippen LogP contribution in [0, 0.1) is 5.82 Å². The van der Waals surface area contributed by atoms with Crippen molar-refractivity contribution in [2.75, 3.05) is 0 Å². The summed E-state index contributed by atoms with van der Waals surface area (Å²) in [5, 5.41) is 20.7. The van der Waals surface area contributed by atoms with Crippen LogP contribution in [0.4, 0.5) is 4.39 Å². The number of benzene rings is 1. The van der Waals surface area contributed by atoms with Crippen LogP contribution in [0.5, 0.6) is 5.75 Å². The third-order valence-electron chi connectivity index (χ3n) is 3.35. The Morgan fingerprint density at radius 2 is 2.00 bits per heavy atom. The molecule has 0 aliphatic carbocycles.